The van der Waals surface area contributed by atoms with E-state index in [2.05, 4.69) is 26.1 Å². The highest BCUT2D eigenvalue weighted by Crippen LogP contribution is 2.41. The zero-order valence-corrected chi connectivity index (χ0v) is 9.59. The molecule has 0 saturated heterocycles. The molecular weight excluding hydrogens is 174 g/mol. The molecule has 0 amide bonds. The van der Waals surface area contributed by atoms with Gasteiger partial charge >= 0.3 is 0 Å². The molecular formula is C12H23NO. The summed E-state index contributed by atoms with van der Waals surface area (Å²) in [5.74, 6) is 0.889. The average Bonchev–Trinajstić information content (AvgIpc) is 2.51. The Balaban J connectivity index is 1.82. The lowest BCUT2D eigenvalue weighted by atomic mass is 9.64. The summed E-state index contributed by atoms with van der Waals surface area (Å²) in [5.41, 5.74) is 0.0891. The monoisotopic (exact) mass is 197 g/mol. The van der Waals surface area contributed by atoms with Gasteiger partial charge in [0.1, 0.15) is 0 Å². The van der Waals surface area contributed by atoms with Crippen LogP contribution < -0.4 is 5.32 Å². The number of aliphatic hydroxyl groups is 1. The number of hydrogen-bond acceptors (Lipinski definition) is 2. The van der Waals surface area contributed by atoms with Gasteiger partial charge in [0.25, 0.3) is 0 Å². The third-order valence-electron chi connectivity index (χ3n) is 4.35. The zero-order chi connectivity index (χ0) is 10.3. The van der Waals surface area contributed by atoms with Crippen LogP contribution in [0.1, 0.15) is 46.5 Å². The fraction of sp³-hybridized carbons (Fsp3) is 1.00. The number of hydrogen-bond donors (Lipinski definition) is 2. The van der Waals surface area contributed by atoms with Crippen molar-refractivity contribution in [3.05, 3.63) is 0 Å². The Bertz CT molecular complexity index is 214. The van der Waals surface area contributed by atoms with Crippen molar-refractivity contribution in [2.75, 3.05) is 0 Å². The maximum atomic E-state index is 9.63. The molecule has 0 aliphatic heterocycles. The molecule has 14 heavy (non-hydrogen) atoms. The van der Waals surface area contributed by atoms with E-state index in [4.69, 9.17) is 0 Å². The maximum absolute atomic E-state index is 9.63. The van der Waals surface area contributed by atoms with Crippen molar-refractivity contribution in [3.63, 3.8) is 0 Å². The molecule has 0 aromatic carbocycles. The van der Waals surface area contributed by atoms with E-state index >= 15 is 0 Å². The summed E-state index contributed by atoms with van der Waals surface area (Å²) in [4.78, 5) is 0. The summed E-state index contributed by atoms with van der Waals surface area (Å²) in [6, 6.07) is 1.24. The van der Waals surface area contributed by atoms with Crippen LogP contribution in [0.2, 0.25) is 0 Å². The Morgan fingerprint density at radius 1 is 1.21 bits per heavy atom. The lowest BCUT2D eigenvalue weighted by Crippen LogP contribution is -2.61. The average molecular weight is 197 g/mol. The highest BCUT2D eigenvalue weighted by molar-refractivity contribution is 5.03. The van der Waals surface area contributed by atoms with Crippen molar-refractivity contribution in [1.82, 2.24) is 5.32 Å². The zero-order valence-electron chi connectivity index (χ0n) is 9.59. The van der Waals surface area contributed by atoms with Crippen LogP contribution in [-0.2, 0) is 0 Å². The predicted molar refractivity (Wildman–Crippen MR) is 58.1 cm³/mol. The van der Waals surface area contributed by atoms with E-state index in [0.29, 0.717) is 12.1 Å². The summed E-state index contributed by atoms with van der Waals surface area (Å²) < 4.78 is 0. The topological polar surface area (TPSA) is 32.3 Å². The van der Waals surface area contributed by atoms with Gasteiger partial charge in [-0.25, -0.2) is 0 Å². The van der Waals surface area contributed by atoms with E-state index in [1.807, 2.05) is 0 Å². The molecule has 2 aliphatic rings. The fourth-order valence-corrected chi connectivity index (χ4v) is 2.83. The van der Waals surface area contributed by atoms with Crippen molar-refractivity contribution in [2.45, 2.75) is 64.6 Å². The Labute approximate surface area is 87.1 Å². The summed E-state index contributed by atoms with van der Waals surface area (Å²) in [5, 5.41) is 13.3. The van der Waals surface area contributed by atoms with Crippen LogP contribution in [0.4, 0.5) is 0 Å². The Morgan fingerprint density at radius 2 is 1.93 bits per heavy atom. The molecule has 82 valence electrons. The molecule has 2 saturated carbocycles. The van der Waals surface area contributed by atoms with Crippen molar-refractivity contribution in [3.8, 4) is 0 Å². The van der Waals surface area contributed by atoms with E-state index in [0.717, 1.165) is 12.3 Å². The first-order valence-electron chi connectivity index (χ1n) is 5.94. The van der Waals surface area contributed by atoms with Crippen molar-refractivity contribution < 1.29 is 5.11 Å². The van der Waals surface area contributed by atoms with E-state index in [1.54, 1.807) is 0 Å². The van der Waals surface area contributed by atoms with E-state index in [1.165, 1.54) is 19.3 Å². The minimum absolute atomic E-state index is 0.0891. The summed E-state index contributed by atoms with van der Waals surface area (Å²) in [7, 11) is 0. The molecule has 2 nitrogen and oxygen atoms in total. The van der Waals surface area contributed by atoms with Gasteiger partial charge in [0.2, 0.25) is 0 Å². The van der Waals surface area contributed by atoms with Gasteiger partial charge in [0.05, 0.1) is 6.10 Å². The van der Waals surface area contributed by atoms with Gasteiger partial charge < -0.3 is 10.4 Å². The predicted octanol–water partition coefficient (Wildman–Crippen LogP) is 1.92. The van der Waals surface area contributed by atoms with E-state index in [-0.39, 0.29) is 11.5 Å². The van der Waals surface area contributed by atoms with Crippen LogP contribution in [0.5, 0.6) is 0 Å². The van der Waals surface area contributed by atoms with Crippen LogP contribution in [0.15, 0.2) is 0 Å². The van der Waals surface area contributed by atoms with Crippen molar-refractivity contribution in [1.29, 1.82) is 0 Å². The largest absolute Gasteiger partial charge is 0.392 e. The van der Waals surface area contributed by atoms with Gasteiger partial charge in [0, 0.05) is 17.5 Å². The smallest absolute Gasteiger partial charge is 0.0621 e. The highest BCUT2D eigenvalue weighted by Gasteiger charge is 2.47. The van der Waals surface area contributed by atoms with Gasteiger partial charge in [-0.3, -0.25) is 0 Å². The van der Waals surface area contributed by atoms with E-state index in [9.17, 15) is 5.11 Å². The van der Waals surface area contributed by atoms with Gasteiger partial charge in [-0.05, 0) is 31.6 Å². The molecule has 4 unspecified atom stereocenters. The molecule has 0 spiro atoms. The Kier molecular flexibility index (Phi) is 2.61. The maximum Gasteiger partial charge on any atom is 0.0621 e. The van der Waals surface area contributed by atoms with Gasteiger partial charge in [0.15, 0.2) is 0 Å². The van der Waals surface area contributed by atoms with Crippen LogP contribution in [0, 0.1) is 11.3 Å². The highest BCUT2D eigenvalue weighted by atomic mass is 16.3. The lowest BCUT2D eigenvalue weighted by molar-refractivity contribution is -0.0757. The lowest BCUT2D eigenvalue weighted by Gasteiger charge is -2.50. The molecule has 0 heterocycles. The Hall–Kier alpha value is -0.0800. The molecule has 2 rings (SSSR count). The second-order valence-corrected chi connectivity index (χ2v) is 5.91. The van der Waals surface area contributed by atoms with Gasteiger partial charge in [-0.1, -0.05) is 20.8 Å². The SMILES string of the molecule is CC1CCC(NC2CC(O)C2(C)C)C1. The van der Waals surface area contributed by atoms with Gasteiger partial charge in [-0.2, -0.15) is 0 Å². The third-order valence-corrected chi connectivity index (χ3v) is 4.35. The third kappa shape index (κ3) is 1.70. The standard InChI is InChI=1S/C12H23NO/c1-8-4-5-9(6-8)13-10-7-11(14)12(10,2)3/h8-11,13-14H,4-7H2,1-3H3. The summed E-state index contributed by atoms with van der Waals surface area (Å²) >= 11 is 0. The molecule has 2 heteroatoms. The minimum Gasteiger partial charge on any atom is -0.392 e. The first-order valence-corrected chi connectivity index (χ1v) is 5.94. The molecule has 2 fully saturated rings. The van der Waals surface area contributed by atoms with Crippen LogP contribution in [0.25, 0.3) is 0 Å². The Morgan fingerprint density at radius 3 is 2.36 bits per heavy atom. The normalized spacial score (nSPS) is 46.3. The van der Waals surface area contributed by atoms with Gasteiger partial charge in [-0.15, -0.1) is 0 Å². The molecule has 4 atom stereocenters. The number of rotatable bonds is 2. The fourth-order valence-electron chi connectivity index (χ4n) is 2.83. The molecule has 0 aromatic rings. The summed E-state index contributed by atoms with van der Waals surface area (Å²) in [6.07, 6.45) is 4.86. The van der Waals surface area contributed by atoms with Crippen molar-refractivity contribution >= 4 is 0 Å². The second kappa shape index (κ2) is 3.49. The molecule has 0 radical (unpaired) electrons. The van der Waals surface area contributed by atoms with Crippen LogP contribution >= 0.6 is 0 Å². The van der Waals surface area contributed by atoms with Crippen LogP contribution in [0.3, 0.4) is 0 Å². The molecule has 2 aliphatic carbocycles. The first kappa shape index (κ1) is 10.4. The molecule has 2 N–H and O–H groups in total. The molecule has 0 aromatic heterocycles. The second-order valence-electron chi connectivity index (χ2n) is 5.91. The molecule has 0 bridgehead atoms. The first-order chi connectivity index (χ1) is 6.50. The minimum atomic E-state index is -0.0983. The van der Waals surface area contributed by atoms with E-state index < -0.39 is 0 Å². The quantitative estimate of drug-likeness (QED) is 0.709. The number of nitrogens with one attached hydrogen (secondary N) is 1. The van der Waals surface area contributed by atoms with Crippen LogP contribution in [-0.4, -0.2) is 23.3 Å². The summed E-state index contributed by atoms with van der Waals surface area (Å²) in [6.45, 7) is 6.66. The van der Waals surface area contributed by atoms with Crippen molar-refractivity contribution in [2.24, 2.45) is 11.3 Å². The number of aliphatic hydroxyl groups excluding tert-OH is 1.